The van der Waals surface area contributed by atoms with Gasteiger partial charge in [0.2, 0.25) is 5.91 Å². The van der Waals surface area contributed by atoms with Gasteiger partial charge >= 0.3 is 11.9 Å². The Morgan fingerprint density at radius 2 is 1.88 bits per heavy atom. The van der Waals surface area contributed by atoms with E-state index >= 15 is 0 Å². The third kappa shape index (κ3) is 5.44. The van der Waals surface area contributed by atoms with Crippen LogP contribution in [0.2, 0.25) is 0 Å². The summed E-state index contributed by atoms with van der Waals surface area (Å²) in [6.45, 7) is 6.83. The molecule has 0 aromatic rings. The molecule has 0 unspecified atom stereocenters. The highest BCUT2D eigenvalue weighted by Gasteiger charge is 2.63. The van der Waals surface area contributed by atoms with Gasteiger partial charge in [0.25, 0.3) is 0 Å². The fourth-order valence-corrected chi connectivity index (χ4v) is 5.54. The number of hydrogen-bond acceptors (Lipinski definition) is 5. The molecule has 1 aliphatic carbocycles. The molecule has 1 saturated heterocycles. The molecule has 7 nitrogen and oxygen atoms in total. The summed E-state index contributed by atoms with van der Waals surface area (Å²) in [7, 11) is 1.37. The summed E-state index contributed by atoms with van der Waals surface area (Å²) < 4.78 is 11.8. The number of esters is 1. The van der Waals surface area contributed by atoms with Crippen LogP contribution in [-0.2, 0) is 23.9 Å². The number of carboxylic acid groups (broad SMARTS) is 1. The van der Waals surface area contributed by atoms with Gasteiger partial charge in [0.05, 0.1) is 31.7 Å². The van der Waals surface area contributed by atoms with Gasteiger partial charge in [-0.1, -0.05) is 52.9 Å². The van der Waals surface area contributed by atoms with Crippen molar-refractivity contribution >= 4 is 17.8 Å². The number of fused-ring (bicyclic) bond motifs is 1. The predicted molar refractivity (Wildman–Crippen MR) is 124 cm³/mol. The zero-order valence-electron chi connectivity index (χ0n) is 20.7. The maximum Gasteiger partial charge on any atom is 0.320 e. The van der Waals surface area contributed by atoms with Crippen LogP contribution < -0.4 is 0 Å². The lowest BCUT2D eigenvalue weighted by atomic mass is 9.64. The first-order valence-corrected chi connectivity index (χ1v) is 12.8. The number of carboxylic acids is 1. The van der Waals surface area contributed by atoms with Crippen molar-refractivity contribution in [3.8, 4) is 0 Å². The van der Waals surface area contributed by atoms with Crippen LogP contribution in [0.4, 0.5) is 0 Å². The summed E-state index contributed by atoms with van der Waals surface area (Å²) in [5.41, 5.74) is -0.436. The lowest BCUT2D eigenvalue weighted by molar-refractivity contribution is -0.182. The number of carbonyl (C=O) groups is 3. The molecule has 33 heavy (non-hydrogen) atoms. The number of likely N-dealkylation sites (tertiary alicyclic amines) is 1. The number of aliphatic carboxylic acids is 1. The van der Waals surface area contributed by atoms with Gasteiger partial charge in [-0.15, -0.1) is 0 Å². The van der Waals surface area contributed by atoms with Crippen molar-refractivity contribution in [3.63, 3.8) is 0 Å². The number of methoxy groups -OCH3 is 1. The zero-order valence-corrected chi connectivity index (χ0v) is 20.7. The summed E-state index contributed by atoms with van der Waals surface area (Å²) in [4.78, 5) is 40.3. The Hall–Kier alpha value is -1.89. The molecule has 186 valence electrons. The Labute approximate surface area is 197 Å². The predicted octanol–water partition coefficient (Wildman–Crippen LogP) is 4.55. The second-order valence-electron chi connectivity index (χ2n) is 10.4. The first-order chi connectivity index (χ1) is 15.8. The van der Waals surface area contributed by atoms with Gasteiger partial charge in [-0.2, -0.15) is 0 Å². The Morgan fingerprint density at radius 3 is 2.45 bits per heavy atom. The van der Waals surface area contributed by atoms with Crippen LogP contribution in [0, 0.1) is 23.2 Å². The van der Waals surface area contributed by atoms with E-state index in [4.69, 9.17) is 9.47 Å². The summed E-state index contributed by atoms with van der Waals surface area (Å²) in [6, 6.07) is 0. The molecule has 0 radical (unpaired) electrons. The number of rotatable bonds is 12. The molecule has 0 spiro atoms. The summed E-state index contributed by atoms with van der Waals surface area (Å²) in [6.07, 6.45) is 9.64. The van der Waals surface area contributed by atoms with Crippen LogP contribution in [0.25, 0.3) is 0 Å². The third-order valence-electron chi connectivity index (χ3n) is 7.46. The van der Waals surface area contributed by atoms with Crippen LogP contribution in [0.15, 0.2) is 11.8 Å². The van der Waals surface area contributed by atoms with E-state index in [1.807, 2.05) is 6.08 Å². The topological polar surface area (TPSA) is 93.1 Å². The molecule has 3 aliphatic rings. The highest BCUT2D eigenvalue weighted by molar-refractivity contribution is 5.92. The van der Waals surface area contributed by atoms with Crippen molar-refractivity contribution in [1.29, 1.82) is 0 Å². The fraction of sp³-hybridized carbons (Fsp3) is 0.808. The van der Waals surface area contributed by atoms with Gasteiger partial charge in [-0.3, -0.25) is 14.4 Å². The highest BCUT2D eigenvalue weighted by Crippen LogP contribution is 2.56. The standard InChI is InChI=1S/C26H41NO6/c1-5-6-7-8-9-10-13-27-21-15-20(17(2)3)33-23(18-11-12-18)26(21,25(31)32-4)16-19(24(27)30)14-22(28)29/h15,17-20,23H,5-14,16H2,1-4H3,(H,28,29)/t19-,20-,23-,26-/m0/s1. The van der Waals surface area contributed by atoms with Gasteiger partial charge < -0.3 is 19.5 Å². The lowest BCUT2D eigenvalue weighted by Crippen LogP contribution is -2.61. The second-order valence-corrected chi connectivity index (χ2v) is 10.4. The van der Waals surface area contributed by atoms with Gasteiger partial charge in [0.1, 0.15) is 5.41 Å². The quantitative estimate of drug-likeness (QED) is 0.337. The zero-order chi connectivity index (χ0) is 24.2. The molecule has 2 heterocycles. The number of piperidine rings is 1. The van der Waals surface area contributed by atoms with Crippen molar-refractivity contribution < 1.29 is 29.0 Å². The Morgan fingerprint density at radius 1 is 1.21 bits per heavy atom. The number of carbonyl (C=O) groups excluding carboxylic acids is 2. The van der Waals surface area contributed by atoms with E-state index in [0.717, 1.165) is 32.1 Å². The van der Waals surface area contributed by atoms with Gasteiger partial charge in [0, 0.05) is 12.2 Å². The number of unbranched alkanes of at least 4 members (excludes halogenated alkanes) is 5. The van der Waals surface area contributed by atoms with Crippen molar-refractivity contribution in [2.24, 2.45) is 23.2 Å². The van der Waals surface area contributed by atoms with Gasteiger partial charge in [-0.05, 0) is 43.6 Å². The lowest BCUT2D eigenvalue weighted by Gasteiger charge is -2.53. The van der Waals surface area contributed by atoms with Gasteiger partial charge in [-0.25, -0.2) is 0 Å². The Balaban J connectivity index is 1.98. The molecular formula is C26H41NO6. The molecule has 3 rings (SSSR count). The maximum atomic E-state index is 13.5. The minimum atomic E-state index is -1.13. The Bertz CT molecular complexity index is 758. The normalized spacial score (nSPS) is 29.6. The second kappa shape index (κ2) is 11.0. The van der Waals surface area contributed by atoms with E-state index in [1.54, 1.807) is 4.90 Å². The molecule has 1 N–H and O–H groups in total. The first kappa shape index (κ1) is 25.7. The first-order valence-electron chi connectivity index (χ1n) is 12.8. The fourth-order valence-electron chi connectivity index (χ4n) is 5.54. The largest absolute Gasteiger partial charge is 0.481 e. The smallest absolute Gasteiger partial charge is 0.320 e. The molecule has 2 aliphatic heterocycles. The Kier molecular flexibility index (Phi) is 8.59. The van der Waals surface area contributed by atoms with E-state index in [0.29, 0.717) is 12.2 Å². The van der Waals surface area contributed by atoms with Gasteiger partial charge in [0.15, 0.2) is 0 Å². The minimum absolute atomic E-state index is 0.135. The molecule has 4 atom stereocenters. The average molecular weight is 464 g/mol. The van der Waals surface area contributed by atoms with Crippen LogP contribution in [0.1, 0.15) is 85.0 Å². The monoisotopic (exact) mass is 463 g/mol. The van der Waals surface area contributed by atoms with E-state index in [1.165, 1.54) is 26.4 Å². The summed E-state index contributed by atoms with van der Waals surface area (Å²) in [5.74, 6) is -1.97. The van der Waals surface area contributed by atoms with E-state index in [-0.39, 0.29) is 36.7 Å². The van der Waals surface area contributed by atoms with Crippen molar-refractivity contribution in [2.75, 3.05) is 13.7 Å². The minimum Gasteiger partial charge on any atom is -0.481 e. The number of ether oxygens (including phenoxy) is 2. The molecule has 0 aromatic carbocycles. The number of amides is 1. The molecule has 0 bridgehead atoms. The SMILES string of the molecule is CCCCCCCCN1C(=O)[C@@H](CC(=O)O)C[C@]2(C(=O)OC)C1=C[C@@H](C(C)C)O[C@H]2C1CC1. The highest BCUT2D eigenvalue weighted by atomic mass is 16.5. The molecule has 7 heteroatoms. The molecular weight excluding hydrogens is 422 g/mol. The third-order valence-corrected chi connectivity index (χ3v) is 7.46. The molecule has 0 aromatic heterocycles. The molecule has 2 fully saturated rings. The number of hydrogen-bond donors (Lipinski definition) is 1. The number of nitrogens with zero attached hydrogens (tertiary/aromatic N) is 1. The summed E-state index contributed by atoms with van der Waals surface area (Å²) in [5, 5.41) is 9.51. The molecule has 1 saturated carbocycles. The summed E-state index contributed by atoms with van der Waals surface area (Å²) >= 11 is 0. The van der Waals surface area contributed by atoms with E-state index in [9.17, 15) is 19.5 Å². The van der Waals surface area contributed by atoms with E-state index < -0.39 is 29.4 Å². The van der Waals surface area contributed by atoms with Crippen LogP contribution in [-0.4, -0.2) is 53.7 Å². The van der Waals surface area contributed by atoms with Crippen molar-refractivity contribution in [2.45, 2.75) is 97.2 Å². The van der Waals surface area contributed by atoms with E-state index in [2.05, 4.69) is 20.8 Å². The van der Waals surface area contributed by atoms with Crippen LogP contribution in [0.5, 0.6) is 0 Å². The average Bonchev–Trinajstić information content (AvgIpc) is 3.61. The molecule has 1 amide bonds. The maximum absolute atomic E-state index is 13.5. The van der Waals surface area contributed by atoms with Crippen LogP contribution >= 0.6 is 0 Å². The van der Waals surface area contributed by atoms with Crippen LogP contribution in [0.3, 0.4) is 0 Å². The van der Waals surface area contributed by atoms with Crippen molar-refractivity contribution in [3.05, 3.63) is 11.8 Å². The van der Waals surface area contributed by atoms with Crippen molar-refractivity contribution in [1.82, 2.24) is 4.90 Å².